The van der Waals surface area contributed by atoms with Crippen LogP contribution in [0.15, 0.2) is 47.4 Å². The van der Waals surface area contributed by atoms with Gasteiger partial charge in [0.15, 0.2) is 5.13 Å². The average Bonchev–Trinajstić information content (AvgIpc) is 3.07. The number of nitrogens with two attached hydrogens (primary N) is 1. The van der Waals surface area contributed by atoms with Crippen LogP contribution in [0.4, 0.5) is 18.3 Å². The van der Waals surface area contributed by atoms with Crippen molar-refractivity contribution >= 4 is 42.6 Å². The zero-order chi connectivity index (χ0) is 22.4. The summed E-state index contributed by atoms with van der Waals surface area (Å²) in [6.07, 6.45) is -4.48. The van der Waals surface area contributed by atoms with Crippen LogP contribution >= 0.6 is 11.3 Å². The molecule has 2 heterocycles. The normalized spacial score (nSPS) is 15.2. The Kier molecular flexibility index (Phi) is 5.40. The predicted octanol–water partition coefficient (Wildman–Crippen LogP) is 2.72. The van der Waals surface area contributed by atoms with Gasteiger partial charge >= 0.3 is 6.18 Å². The third-order valence-corrected chi connectivity index (χ3v) is 6.97. The molecule has 1 saturated heterocycles. The first-order chi connectivity index (χ1) is 14.5. The van der Waals surface area contributed by atoms with Gasteiger partial charge in [-0.2, -0.15) is 13.2 Å². The average molecular weight is 470 g/mol. The molecule has 4 rings (SSSR count). The number of primary sulfonamides is 1. The van der Waals surface area contributed by atoms with Crippen LogP contribution in [0.25, 0.3) is 10.2 Å². The fourth-order valence-electron chi connectivity index (χ4n) is 3.23. The summed E-state index contributed by atoms with van der Waals surface area (Å²) < 4.78 is 62.4. The second-order valence-electron chi connectivity index (χ2n) is 7.16. The highest BCUT2D eigenvalue weighted by Gasteiger charge is 2.37. The van der Waals surface area contributed by atoms with Gasteiger partial charge in [-0.05, 0) is 29.8 Å². The van der Waals surface area contributed by atoms with Gasteiger partial charge in [-0.1, -0.05) is 29.5 Å². The van der Waals surface area contributed by atoms with Crippen LogP contribution in [0, 0.1) is 5.92 Å². The number of thiazole rings is 1. The molecule has 0 atom stereocenters. The maximum Gasteiger partial charge on any atom is 0.418 e. The van der Waals surface area contributed by atoms with E-state index < -0.39 is 21.8 Å². The lowest BCUT2D eigenvalue weighted by Crippen LogP contribution is -2.53. The molecule has 1 amide bonds. The van der Waals surface area contributed by atoms with Crippen molar-refractivity contribution < 1.29 is 26.4 Å². The molecule has 1 aromatic heterocycles. The lowest BCUT2D eigenvalue weighted by Gasteiger charge is -2.38. The summed E-state index contributed by atoms with van der Waals surface area (Å²) in [5.41, 5.74) is -0.135. The highest BCUT2D eigenvalue weighted by atomic mass is 32.2. The number of halogens is 3. The van der Waals surface area contributed by atoms with E-state index in [1.54, 1.807) is 23.1 Å². The van der Waals surface area contributed by atoms with Crippen LogP contribution in [0.1, 0.15) is 11.1 Å². The molecule has 1 aliphatic rings. The quantitative estimate of drug-likeness (QED) is 0.597. The van der Waals surface area contributed by atoms with Crippen molar-refractivity contribution in [3.8, 4) is 0 Å². The smallest absolute Gasteiger partial charge is 0.352 e. The van der Waals surface area contributed by atoms with Crippen LogP contribution in [-0.4, -0.2) is 32.4 Å². The van der Waals surface area contributed by atoms with E-state index in [-0.39, 0.29) is 28.8 Å². The van der Waals surface area contributed by atoms with Gasteiger partial charge in [-0.15, -0.1) is 0 Å². The molecule has 3 aromatic rings. The minimum atomic E-state index is -4.48. The molecule has 0 radical (unpaired) electrons. The molecule has 12 heteroatoms. The maximum atomic E-state index is 13.2. The van der Waals surface area contributed by atoms with Gasteiger partial charge in [0, 0.05) is 19.6 Å². The molecular formula is C19H17F3N4O3S2. The Morgan fingerprint density at radius 1 is 1.19 bits per heavy atom. The first-order valence-corrected chi connectivity index (χ1v) is 11.5. The standard InChI is InChI=1S/C19H17F3N4O3S2/c20-19(21,22)14-2-1-3-15-16(14)25-18(30-15)26-9-12(10-26)17(27)24-8-11-4-6-13(7-5-11)31(23,28)29/h1-7,12H,8-10H2,(H,24,27)(H2,23,28,29). The number of carbonyl (C=O) groups excluding carboxylic acids is 1. The zero-order valence-corrected chi connectivity index (χ0v) is 17.5. The number of anilines is 1. The van der Waals surface area contributed by atoms with E-state index >= 15 is 0 Å². The number of benzene rings is 2. The number of sulfonamides is 1. The van der Waals surface area contributed by atoms with E-state index in [0.29, 0.717) is 28.5 Å². The number of amides is 1. The number of nitrogens with zero attached hydrogens (tertiary/aromatic N) is 2. The minimum Gasteiger partial charge on any atom is -0.352 e. The van der Waals surface area contributed by atoms with Crippen molar-refractivity contribution in [2.75, 3.05) is 18.0 Å². The Balaban J connectivity index is 1.35. The van der Waals surface area contributed by atoms with E-state index in [1.807, 2.05) is 0 Å². The molecule has 0 saturated carbocycles. The molecule has 164 valence electrons. The minimum absolute atomic E-state index is 0.0123. The predicted molar refractivity (Wildman–Crippen MR) is 110 cm³/mol. The van der Waals surface area contributed by atoms with Crippen molar-refractivity contribution in [3.05, 3.63) is 53.6 Å². The van der Waals surface area contributed by atoms with Crippen molar-refractivity contribution in [1.82, 2.24) is 10.3 Å². The van der Waals surface area contributed by atoms with E-state index in [2.05, 4.69) is 10.3 Å². The Bertz CT molecular complexity index is 1230. The molecule has 7 nitrogen and oxygen atoms in total. The van der Waals surface area contributed by atoms with Crippen molar-refractivity contribution in [2.24, 2.45) is 11.1 Å². The Hall–Kier alpha value is -2.70. The summed E-state index contributed by atoms with van der Waals surface area (Å²) in [6.45, 7) is 0.936. The number of hydrogen-bond donors (Lipinski definition) is 2. The molecular weight excluding hydrogens is 453 g/mol. The molecule has 2 aromatic carbocycles. The fraction of sp³-hybridized carbons (Fsp3) is 0.263. The van der Waals surface area contributed by atoms with Gasteiger partial charge in [0.1, 0.15) is 0 Å². The Labute approximate surface area is 179 Å². The monoisotopic (exact) mass is 470 g/mol. The van der Waals surface area contributed by atoms with Crippen molar-refractivity contribution in [2.45, 2.75) is 17.6 Å². The first-order valence-electron chi connectivity index (χ1n) is 9.13. The third-order valence-electron chi connectivity index (χ3n) is 4.95. The second kappa shape index (κ2) is 7.77. The number of carbonyl (C=O) groups is 1. The summed E-state index contributed by atoms with van der Waals surface area (Å²) in [5, 5.41) is 8.28. The molecule has 0 bridgehead atoms. The van der Waals surface area contributed by atoms with Gasteiger partial charge in [-0.3, -0.25) is 4.79 Å². The van der Waals surface area contributed by atoms with Crippen LogP contribution < -0.4 is 15.4 Å². The van der Waals surface area contributed by atoms with E-state index in [9.17, 15) is 26.4 Å². The van der Waals surface area contributed by atoms with Crippen LogP contribution in [0.2, 0.25) is 0 Å². The van der Waals surface area contributed by atoms with Gasteiger partial charge in [0.25, 0.3) is 0 Å². The van der Waals surface area contributed by atoms with Gasteiger partial charge in [0.2, 0.25) is 15.9 Å². The highest BCUT2D eigenvalue weighted by Crippen LogP contribution is 2.39. The summed E-state index contributed by atoms with van der Waals surface area (Å²) in [4.78, 5) is 18.3. The van der Waals surface area contributed by atoms with Crippen molar-refractivity contribution in [3.63, 3.8) is 0 Å². The molecule has 0 aliphatic carbocycles. The highest BCUT2D eigenvalue weighted by molar-refractivity contribution is 7.89. The maximum absolute atomic E-state index is 13.2. The third kappa shape index (κ3) is 4.50. The van der Waals surface area contributed by atoms with Crippen molar-refractivity contribution in [1.29, 1.82) is 0 Å². The van der Waals surface area contributed by atoms with Crippen LogP contribution in [-0.2, 0) is 27.5 Å². The summed E-state index contributed by atoms with van der Waals surface area (Å²) >= 11 is 1.16. The molecule has 31 heavy (non-hydrogen) atoms. The first kappa shape index (κ1) is 21.5. The lowest BCUT2D eigenvalue weighted by molar-refractivity contribution is -0.136. The molecule has 1 fully saturated rings. The van der Waals surface area contributed by atoms with Crippen LogP contribution in [0.5, 0.6) is 0 Å². The number of aromatic nitrogens is 1. The topological polar surface area (TPSA) is 105 Å². The molecule has 3 N–H and O–H groups in total. The lowest BCUT2D eigenvalue weighted by atomic mass is 10.00. The largest absolute Gasteiger partial charge is 0.418 e. The summed E-state index contributed by atoms with van der Waals surface area (Å²) in [7, 11) is -3.77. The number of hydrogen-bond acceptors (Lipinski definition) is 6. The fourth-order valence-corrected chi connectivity index (χ4v) is 4.76. The number of nitrogens with one attached hydrogen (secondary N) is 1. The van der Waals surface area contributed by atoms with E-state index in [1.165, 1.54) is 18.2 Å². The second-order valence-corrected chi connectivity index (χ2v) is 9.73. The number of rotatable bonds is 5. The number of alkyl halides is 3. The van der Waals surface area contributed by atoms with E-state index in [0.717, 1.165) is 17.4 Å². The Morgan fingerprint density at radius 3 is 2.48 bits per heavy atom. The van der Waals surface area contributed by atoms with E-state index in [4.69, 9.17) is 5.14 Å². The number of fused-ring (bicyclic) bond motifs is 1. The van der Waals surface area contributed by atoms with Gasteiger partial charge in [-0.25, -0.2) is 18.5 Å². The molecule has 0 spiro atoms. The van der Waals surface area contributed by atoms with Crippen LogP contribution in [0.3, 0.4) is 0 Å². The summed E-state index contributed by atoms with van der Waals surface area (Å²) in [5.74, 6) is -0.498. The SMILES string of the molecule is NS(=O)(=O)c1ccc(CNC(=O)C2CN(c3nc4c(C(F)(F)F)cccc4s3)C2)cc1. The molecule has 0 unspecified atom stereocenters. The zero-order valence-electron chi connectivity index (χ0n) is 15.9. The van der Waals surface area contributed by atoms with Gasteiger partial charge in [0.05, 0.1) is 26.6 Å². The Morgan fingerprint density at radius 2 is 1.87 bits per heavy atom. The summed E-state index contributed by atoms with van der Waals surface area (Å²) in [6, 6.07) is 9.81. The number of para-hydroxylation sites is 1. The van der Waals surface area contributed by atoms with Gasteiger partial charge < -0.3 is 10.2 Å². The molecule has 1 aliphatic heterocycles.